The number of amides is 2. The molecule has 6 N–H and O–H groups in total. The SMILES string of the molecule is CNCc1cnn(C[C@H]2[C@H](NC(=O)C(=NOC(C)(C)C(=O)O)c3csc(N)n3)C(=O)N2S(=O)(=O)O)n1. The molecule has 196 valence electrons. The Hall–Kier alpha value is -3.68. The predicted molar refractivity (Wildman–Crippen MR) is 123 cm³/mol. The van der Waals surface area contributed by atoms with Gasteiger partial charge in [-0.15, -0.1) is 11.3 Å². The second-order valence-corrected chi connectivity index (χ2v) is 10.1. The first kappa shape index (κ1) is 26.9. The average molecular weight is 546 g/mol. The Balaban J connectivity index is 1.88. The quantitative estimate of drug-likeness (QED) is 0.0873. The van der Waals surface area contributed by atoms with Crippen molar-refractivity contribution in [2.75, 3.05) is 12.8 Å². The van der Waals surface area contributed by atoms with Crippen LogP contribution in [0.2, 0.25) is 0 Å². The number of hydrogen-bond acceptors (Lipinski definition) is 13. The molecule has 1 fully saturated rings. The number of nitrogens with two attached hydrogens (primary N) is 1. The first-order valence-electron chi connectivity index (χ1n) is 10.1. The molecule has 0 radical (unpaired) electrons. The summed E-state index contributed by atoms with van der Waals surface area (Å²) >= 11 is 0.963. The van der Waals surface area contributed by atoms with Crippen LogP contribution >= 0.6 is 11.3 Å². The third-order valence-corrected chi connectivity index (χ3v) is 6.48. The summed E-state index contributed by atoms with van der Waals surface area (Å²) in [5, 5.41) is 27.6. The Kier molecular flexibility index (Phi) is 7.57. The van der Waals surface area contributed by atoms with Crippen molar-refractivity contribution in [3.8, 4) is 0 Å². The van der Waals surface area contributed by atoms with Crippen molar-refractivity contribution in [2.45, 2.75) is 44.6 Å². The Morgan fingerprint density at radius 1 is 1.39 bits per heavy atom. The number of nitrogens with zero attached hydrogens (tertiary/aromatic N) is 6. The van der Waals surface area contributed by atoms with Crippen LogP contribution in [0.15, 0.2) is 16.7 Å². The topological polar surface area (TPSA) is 244 Å². The number of anilines is 1. The Bertz CT molecular complexity index is 1300. The zero-order valence-electron chi connectivity index (χ0n) is 19.1. The van der Waals surface area contributed by atoms with Gasteiger partial charge < -0.3 is 26.3 Å². The van der Waals surface area contributed by atoms with E-state index in [4.69, 9.17) is 10.6 Å². The molecule has 1 aliphatic heterocycles. The molecule has 0 aliphatic carbocycles. The Morgan fingerprint density at radius 3 is 2.64 bits per heavy atom. The van der Waals surface area contributed by atoms with Crippen molar-refractivity contribution in [3.05, 3.63) is 23.0 Å². The van der Waals surface area contributed by atoms with Gasteiger partial charge in [-0.3, -0.25) is 14.1 Å². The molecule has 0 bridgehead atoms. The number of carbonyl (C=O) groups excluding carboxylic acids is 2. The summed E-state index contributed by atoms with van der Waals surface area (Å²) in [4.78, 5) is 47.0. The number of carbonyl (C=O) groups is 3. The van der Waals surface area contributed by atoms with Crippen LogP contribution in [0.5, 0.6) is 0 Å². The number of nitrogen functional groups attached to an aromatic ring is 1. The minimum absolute atomic E-state index is 0.0697. The van der Waals surface area contributed by atoms with E-state index in [2.05, 4.69) is 31.0 Å². The number of aliphatic carboxylic acids is 1. The lowest BCUT2D eigenvalue weighted by molar-refractivity contribution is -0.161. The molecule has 0 aromatic carbocycles. The highest BCUT2D eigenvalue weighted by molar-refractivity contribution is 7.84. The fourth-order valence-electron chi connectivity index (χ4n) is 3.00. The molecule has 0 saturated carbocycles. The zero-order valence-corrected chi connectivity index (χ0v) is 20.8. The number of rotatable bonds is 11. The molecule has 17 nitrogen and oxygen atoms in total. The molecule has 1 saturated heterocycles. The number of oxime groups is 1. The minimum atomic E-state index is -4.96. The van der Waals surface area contributed by atoms with E-state index < -0.39 is 51.5 Å². The lowest BCUT2D eigenvalue weighted by Crippen LogP contribution is -2.73. The Morgan fingerprint density at radius 2 is 2.08 bits per heavy atom. The number of carboxylic acids is 1. The summed E-state index contributed by atoms with van der Waals surface area (Å²) in [7, 11) is -3.27. The fraction of sp³-hybridized carbons (Fsp3) is 0.471. The monoisotopic (exact) mass is 545 g/mol. The number of nitrogens with one attached hydrogen (secondary N) is 2. The predicted octanol–water partition coefficient (Wildman–Crippen LogP) is -2.18. The fourth-order valence-corrected chi connectivity index (χ4v) is 4.42. The number of carboxylic acid groups (broad SMARTS) is 1. The van der Waals surface area contributed by atoms with E-state index in [9.17, 15) is 32.5 Å². The van der Waals surface area contributed by atoms with Crippen LogP contribution in [0.4, 0.5) is 5.13 Å². The van der Waals surface area contributed by atoms with E-state index in [1.165, 1.54) is 25.4 Å². The number of aromatic nitrogens is 4. The summed E-state index contributed by atoms with van der Waals surface area (Å²) < 4.78 is 33.2. The van der Waals surface area contributed by atoms with E-state index in [1.54, 1.807) is 7.05 Å². The van der Waals surface area contributed by atoms with Crippen molar-refractivity contribution >= 4 is 50.3 Å². The van der Waals surface area contributed by atoms with Crippen LogP contribution in [-0.4, -0.2) is 90.6 Å². The summed E-state index contributed by atoms with van der Waals surface area (Å²) in [5.74, 6) is -3.53. The van der Waals surface area contributed by atoms with Gasteiger partial charge in [0, 0.05) is 11.9 Å². The molecular weight excluding hydrogens is 522 g/mol. The van der Waals surface area contributed by atoms with Crippen LogP contribution in [-0.2, 0) is 42.6 Å². The average Bonchev–Trinajstić information content (AvgIpc) is 3.39. The third-order valence-electron chi connectivity index (χ3n) is 4.86. The third kappa shape index (κ3) is 5.75. The van der Waals surface area contributed by atoms with Gasteiger partial charge in [-0.25, -0.2) is 14.1 Å². The Labute approximate surface area is 208 Å². The highest BCUT2D eigenvalue weighted by Gasteiger charge is 2.54. The highest BCUT2D eigenvalue weighted by atomic mass is 32.2. The molecule has 0 unspecified atom stereocenters. The summed E-state index contributed by atoms with van der Waals surface area (Å²) in [5.41, 5.74) is 3.74. The second-order valence-electron chi connectivity index (χ2n) is 7.97. The van der Waals surface area contributed by atoms with E-state index >= 15 is 0 Å². The summed E-state index contributed by atoms with van der Waals surface area (Å²) in [6, 6.07) is -2.73. The van der Waals surface area contributed by atoms with Gasteiger partial charge in [0.05, 0.1) is 18.4 Å². The summed E-state index contributed by atoms with van der Waals surface area (Å²) in [6.07, 6.45) is 1.42. The molecule has 3 rings (SSSR count). The maximum atomic E-state index is 13.1. The molecule has 2 aromatic rings. The lowest BCUT2D eigenvalue weighted by atomic mass is 9.98. The molecule has 36 heavy (non-hydrogen) atoms. The second kappa shape index (κ2) is 10.1. The van der Waals surface area contributed by atoms with Crippen LogP contribution in [0.1, 0.15) is 25.2 Å². The van der Waals surface area contributed by atoms with Crippen LogP contribution in [0.3, 0.4) is 0 Å². The van der Waals surface area contributed by atoms with Crippen molar-refractivity contribution in [1.29, 1.82) is 0 Å². The molecule has 0 spiro atoms. The highest BCUT2D eigenvalue weighted by Crippen LogP contribution is 2.25. The van der Waals surface area contributed by atoms with Gasteiger partial charge in [0.2, 0.25) is 5.60 Å². The van der Waals surface area contributed by atoms with Crippen molar-refractivity contribution < 1.29 is 37.3 Å². The van der Waals surface area contributed by atoms with Crippen LogP contribution in [0, 0.1) is 0 Å². The van der Waals surface area contributed by atoms with Gasteiger partial charge in [-0.1, -0.05) is 5.16 Å². The van der Waals surface area contributed by atoms with Crippen LogP contribution < -0.4 is 16.4 Å². The maximum Gasteiger partial charge on any atom is 0.362 e. The zero-order chi connectivity index (χ0) is 26.8. The number of β-lactam (4-membered cyclic amide) rings is 1. The van der Waals surface area contributed by atoms with Crippen molar-refractivity contribution in [2.24, 2.45) is 5.16 Å². The number of thiazole rings is 1. The maximum absolute atomic E-state index is 13.1. The molecule has 19 heteroatoms. The number of hydrogen-bond donors (Lipinski definition) is 5. The standard InChI is InChI=1S/C17H23N9O8S2/c1-17(2,15(29)30)34-24-11(9-7-35-16(18)21-9)13(27)22-12-10(26(14(12)28)36(31,32)33)6-25-20-5-8(23-25)4-19-3/h5,7,10,12,19H,4,6H2,1-3H3,(H2,18,21)(H,22,27)(H,29,30)(H,31,32,33)/t10-,12-/m0/s1. The molecular formula is C17H23N9O8S2. The molecule has 2 amide bonds. The summed E-state index contributed by atoms with van der Waals surface area (Å²) in [6.45, 7) is 2.46. The molecule has 1 aliphatic rings. The first-order chi connectivity index (χ1) is 16.7. The molecule has 2 atom stereocenters. The molecule has 3 heterocycles. The van der Waals surface area contributed by atoms with E-state index in [1.807, 2.05) is 0 Å². The lowest BCUT2D eigenvalue weighted by Gasteiger charge is -2.43. The van der Waals surface area contributed by atoms with Crippen molar-refractivity contribution in [3.63, 3.8) is 0 Å². The van der Waals surface area contributed by atoms with Gasteiger partial charge in [-0.05, 0) is 20.9 Å². The van der Waals surface area contributed by atoms with E-state index in [0.717, 1.165) is 16.1 Å². The smallest absolute Gasteiger partial charge is 0.362 e. The van der Waals surface area contributed by atoms with Gasteiger partial charge in [0.15, 0.2) is 10.8 Å². The minimum Gasteiger partial charge on any atom is -0.478 e. The van der Waals surface area contributed by atoms with Gasteiger partial charge in [0.1, 0.15) is 17.8 Å². The van der Waals surface area contributed by atoms with Crippen LogP contribution in [0.25, 0.3) is 0 Å². The van der Waals surface area contributed by atoms with Gasteiger partial charge in [-0.2, -0.15) is 23.4 Å². The van der Waals surface area contributed by atoms with Crippen molar-refractivity contribution in [1.82, 2.24) is 34.9 Å². The molecule has 2 aromatic heterocycles. The normalized spacial score (nSPS) is 18.6. The van der Waals surface area contributed by atoms with E-state index in [-0.39, 0.29) is 21.7 Å². The van der Waals surface area contributed by atoms with E-state index in [0.29, 0.717) is 12.2 Å². The van der Waals surface area contributed by atoms with Gasteiger partial charge >= 0.3 is 16.3 Å². The first-order valence-corrected chi connectivity index (χ1v) is 12.4. The largest absolute Gasteiger partial charge is 0.478 e. The van der Waals surface area contributed by atoms with Gasteiger partial charge in [0.25, 0.3) is 11.8 Å².